The lowest BCUT2D eigenvalue weighted by Crippen LogP contribution is -2.23. The van der Waals surface area contributed by atoms with Crippen LogP contribution in [0.2, 0.25) is 0 Å². The van der Waals surface area contributed by atoms with Crippen LogP contribution in [0.5, 0.6) is 0 Å². The van der Waals surface area contributed by atoms with Crippen molar-refractivity contribution >= 4 is 5.91 Å². The minimum Gasteiger partial charge on any atom is -0.347 e. The predicted molar refractivity (Wildman–Crippen MR) is 122 cm³/mol. The zero-order valence-corrected chi connectivity index (χ0v) is 18.3. The Bertz CT molecular complexity index is 1210. The van der Waals surface area contributed by atoms with Crippen LogP contribution in [0.15, 0.2) is 61.1 Å². The summed E-state index contributed by atoms with van der Waals surface area (Å²) in [4.78, 5) is 12.5. The second kappa shape index (κ2) is 9.57. The lowest BCUT2D eigenvalue weighted by atomic mass is 10.1. The van der Waals surface area contributed by atoms with E-state index in [0.29, 0.717) is 25.3 Å². The maximum Gasteiger partial charge on any atom is 0.273 e. The van der Waals surface area contributed by atoms with Crippen molar-refractivity contribution in [3.8, 4) is 0 Å². The smallest absolute Gasteiger partial charge is 0.273 e. The van der Waals surface area contributed by atoms with Crippen molar-refractivity contribution in [2.45, 2.75) is 40.0 Å². The number of carbonyl (C=O) groups excluding carboxylic acids is 1. The third kappa shape index (κ3) is 5.28. The average Bonchev–Trinajstić information content (AvgIpc) is 3.43. The summed E-state index contributed by atoms with van der Waals surface area (Å²) in [6.07, 6.45) is 5.54. The van der Waals surface area contributed by atoms with E-state index in [9.17, 15) is 4.79 Å². The van der Waals surface area contributed by atoms with Crippen LogP contribution in [0.25, 0.3) is 0 Å². The molecule has 8 heteroatoms. The quantitative estimate of drug-likeness (QED) is 0.448. The standard InChI is InChI=1S/C24H27N7O/c1-17-11-27-30(13-17)14-19-3-5-20(6-4-19)15-31-16-23(28-29-31)24(32)26-12-22-8-7-21(10-25)9-18(22)2/h3-9,11,13,16H,10,12,14-15,25H2,1-2H3,(H,26,32). The van der Waals surface area contributed by atoms with E-state index in [1.807, 2.05) is 49.1 Å². The second-order valence-corrected chi connectivity index (χ2v) is 7.98. The molecule has 2 aromatic heterocycles. The van der Waals surface area contributed by atoms with Crippen LogP contribution in [-0.4, -0.2) is 30.7 Å². The van der Waals surface area contributed by atoms with E-state index in [0.717, 1.165) is 34.4 Å². The predicted octanol–water partition coefficient (Wildman–Crippen LogP) is 2.58. The number of nitrogens with two attached hydrogens (primary N) is 1. The minimum absolute atomic E-state index is 0.247. The molecule has 0 unspecified atom stereocenters. The topological polar surface area (TPSA) is 104 Å². The molecule has 0 saturated heterocycles. The molecule has 0 bridgehead atoms. The molecule has 0 fully saturated rings. The van der Waals surface area contributed by atoms with Gasteiger partial charge in [0.05, 0.1) is 25.5 Å². The SMILES string of the molecule is Cc1cnn(Cc2ccc(Cn3cc(C(=O)NCc4ccc(CN)cc4C)nn3)cc2)c1. The Labute approximate surface area is 187 Å². The normalized spacial score (nSPS) is 11.0. The van der Waals surface area contributed by atoms with Crippen LogP contribution in [0.3, 0.4) is 0 Å². The molecular formula is C24H27N7O. The summed E-state index contributed by atoms with van der Waals surface area (Å²) in [6.45, 7) is 6.25. The van der Waals surface area contributed by atoms with E-state index in [4.69, 9.17) is 5.73 Å². The fourth-order valence-electron chi connectivity index (χ4n) is 3.51. The van der Waals surface area contributed by atoms with Crippen molar-refractivity contribution in [1.29, 1.82) is 0 Å². The van der Waals surface area contributed by atoms with Crippen molar-refractivity contribution in [3.05, 3.63) is 100 Å². The number of nitrogens with zero attached hydrogens (tertiary/aromatic N) is 5. The number of hydrogen-bond acceptors (Lipinski definition) is 5. The lowest BCUT2D eigenvalue weighted by molar-refractivity contribution is 0.0946. The Kier molecular flexibility index (Phi) is 6.42. The third-order valence-electron chi connectivity index (χ3n) is 5.33. The summed E-state index contributed by atoms with van der Waals surface area (Å²) in [6, 6.07) is 14.3. The van der Waals surface area contributed by atoms with Gasteiger partial charge in [0.2, 0.25) is 0 Å². The van der Waals surface area contributed by atoms with E-state index in [1.165, 1.54) is 5.56 Å². The molecule has 0 aliphatic carbocycles. The third-order valence-corrected chi connectivity index (χ3v) is 5.33. The second-order valence-electron chi connectivity index (χ2n) is 7.98. The first-order chi connectivity index (χ1) is 15.5. The lowest BCUT2D eigenvalue weighted by Gasteiger charge is -2.08. The first-order valence-corrected chi connectivity index (χ1v) is 10.5. The molecule has 32 heavy (non-hydrogen) atoms. The zero-order chi connectivity index (χ0) is 22.5. The summed E-state index contributed by atoms with van der Waals surface area (Å²) in [5.74, 6) is -0.247. The van der Waals surface area contributed by atoms with Gasteiger partial charge in [0.1, 0.15) is 0 Å². The molecule has 0 aliphatic rings. The van der Waals surface area contributed by atoms with Crippen molar-refractivity contribution in [1.82, 2.24) is 30.1 Å². The summed E-state index contributed by atoms with van der Waals surface area (Å²) < 4.78 is 3.59. The van der Waals surface area contributed by atoms with Gasteiger partial charge in [0.15, 0.2) is 5.69 Å². The molecule has 3 N–H and O–H groups in total. The highest BCUT2D eigenvalue weighted by Gasteiger charge is 2.11. The van der Waals surface area contributed by atoms with Crippen LogP contribution >= 0.6 is 0 Å². The van der Waals surface area contributed by atoms with Crippen molar-refractivity contribution < 1.29 is 4.79 Å². The van der Waals surface area contributed by atoms with Crippen molar-refractivity contribution in [2.24, 2.45) is 5.73 Å². The zero-order valence-electron chi connectivity index (χ0n) is 18.3. The monoisotopic (exact) mass is 429 g/mol. The van der Waals surface area contributed by atoms with Gasteiger partial charge in [-0.25, -0.2) is 4.68 Å². The maximum absolute atomic E-state index is 12.5. The van der Waals surface area contributed by atoms with Crippen LogP contribution in [0.1, 0.15) is 43.9 Å². The van der Waals surface area contributed by atoms with Crippen molar-refractivity contribution in [3.63, 3.8) is 0 Å². The highest BCUT2D eigenvalue weighted by atomic mass is 16.2. The number of hydrogen-bond donors (Lipinski definition) is 2. The van der Waals surface area contributed by atoms with Gasteiger partial charge in [0, 0.05) is 19.3 Å². The number of benzene rings is 2. The number of carbonyl (C=O) groups is 1. The highest BCUT2D eigenvalue weighted by Crippen LogP contribution is 2.11. The van der Waals surface area contributed by atoms with Gasteiger partial charge in [-0.2, -0.15) is 5.10 Å². The van der Waals surface area contributed by atoms with Crippen LogP contribution in [0.4, 0.5) is 0 Å². The number of rotatable bonds is 8. The fraction of sp³-hybridized carbons (Fsp3) is 0.250. The van der Waals surface area contributed by atoms with Gasteiger partial charge in [-0.1, -0.05) is 47.7 Å². The molecule has 2 aromatic carbocycles. The molecule has 0 aliphatic heterocycles. The average molecular weight is 430 g/mol. The van der Waals surface area contributed by atoms with Crippen LogP contribution in [-0.2, 0) is 26.2 Å². The molecule has 0 radical (unpaired) electrons. The Balaban J connectivity index is 1.32. The van der Waals surface area contributed by atoms with E-state index in [-0.39, 0.29) is 5.91 Å². The van der Waals surface area contributed by atoms with E-state index < -0.39 is 0 Å². The van der Waals surface area contributed by atoms with E-state index >= 15 is 0 Å². The molecule has 8 nitrogen and oxygen atoms in total. The summed E-state index contributed by atoms with van der Waals surface area (Å²) in [5.41, 5.74) is 12.6. The molecular weight excluding hydrogens is 402 g/mol. The Morgan fingerprint density at radius 3 is 2.28 bits per heavy atom. The number of aromatic nitrogens is 5. The molecule has 1 amide bonds. The van der Waals surface area contributed by atoms with Gasteiger partial charge < -0.3 is 11.1 Å². The van der Waals surface area contributed by atoms with Gasteiger partial charge in [-0.15, -0.1) is 5.10 Å². The first-order valence-electron chi connectivity index (χ1n) is 10.5. The van der Waals surface area contributed by atoms with Gasteiger partial charge in [-0.3, -0.25) is 9.48 Å². The number of amides is 1. The highest BCUT2D eigenvalue weighted by molar-refractivity contribution is 5.91. The number of nitrogens with one attached hydrogen (secondary N) is 1. The summed E-state index contributed by atoms with van der Waals surface area (Å²) >= 11 is 0. The molecule has 4 aromatic rings. The van der Waals surface area contributed by atoms with Crippen LogP contribution in [0, 0.1) is 13.8 Å². The fourth-order valence-corrected chi connectivity index (χ4v) is 3.51. The minimum atomic E-state index is -0.247. The maximum atomic E-state index is 12.5. The number of aryl methyl sites for hydroxylation is 2. The molecule has 164 valence electrons. The largest absolute Gasteiger partial charge is 0.347 e. The van der Waals surface area contributed by atoms with Gasteiger partial charge in [-0.05, 0) is 47.2 Å². The molecule has 0 atom stereocenters. The van der Waals surface area contributed by atoms with Crippen LogP contribution < -0.4 is 11.1 Å². The molecule has 0 spiro atoms. The van der Waals surface area contributed by atoms with Gasteiger partial charge >= 0.3 is 0 Å². The van der Waals surface area contributed by atoms with E-state index in [2.05, 4.69) is 45.0 Å². The molecule has 4 rings (SSSR count). The summed E-state index contributed by atoms with van der Waals surface area (Å²) in [7, 11) is 0. The first kappa shape index (κ1) is 21.5. The van der Waals surface area contributed by atoms with E-state index in [1.54, 1.807) is 10.9 Å². The molecule has 2 heterocycles. The Hall–Kier alpha value is -3.78. The molecule has 0 saturated carbocycles. The van der Waals surface area contributed by atoms with Gasteiger partial charge in [0.25, 0.3) is 5.91 Å². The Morgan fingerprint density at radius 1 is 0.969 bits per heavy atom. The van der Waals surface area contributed by atoms with Crippen molar-refractivity contribution in [2.75, 3.05) is 0 Å². The summed E-state index contributed by atoms with van der Waals surface area (Å²) in [5, 5.41) is 15.3. The Morgan fingerprint density at radius 2 is 1.66 bits per heavy atom.